The number of nitrogens with one attached hydrogen (secondary N) is 2. The third kappa shape index (κ3) is 2.60. The summed E-state index contributed by atoms with van der Waals surface area (Å²) < 4.78 is 2.04. The number of hydrogen-bond donors (Lipinski definition) is 2. The molecule has 6 rings (SSSR count). The number of benzene rings is 1. The summed E-state index contributed by atoms with van der Waals surface area (Å²) in [6.07, 6.45) is 9.30. The molecule has 5 heterocycles. The van der Waals surface area contributed by atoms with Gasteiger partial charge in [-0.2, -0.15) is 5.10 Å². The van der Waals surface area contributed by atoms with Gasteiger partial charge in [-0.25, -0.2) is 9.97 Å². The predicted molar refractivity (Wildman–Crippen MR) is 116 cm³/mol. The lowest BCUT2D eigenvalue weighted by Crippen LogP contribution is -1.89. The first-order valence-corrected chi connectivity index (χ1v) is 9.64. The minimum atomic E-state index is 0.682. The van der Waals surface area contributed by atoms with Crippen molar-refractivity contribution in [1.82, 2.24) is 34.7 Å². The van der Waals surface area contributed by atoms with Gasteiger partial charge in [0.1, 0.15) is 0 Å². The molecule has 0 amide bonds. The molecule has 30 heavy (non-hydrogen) atoms. The molecule has 7 heteroatoms. The Bertz CT molecular complexity index is 1510. The molecule has 0 saturated carbocycles. The molecule has 0 radical (unpaired) electrons. The van der Waals surface area contributed by atoms with Gasteiger partial charge in [0.15, 0.2) is 5.65 Å². The zero-order valence-electron chi connectivity index (χ0n) is 16.2. The molecule has 1 aromatic carbocycles. The number of rotatable bonds is 3. The van der Waals surface area contributed by atoms with Crippen LogP contribution in [0.15, 0.2) is 73.6 Å². The summed E-state index contributed by atoms with van der Waals surface area (Å²) in [5.41, 5.74) is 7.69. The molecule has 0 saturated heterocycles. The van der Waals surface area contributed by atoms with Gasteiger partial charge in [0, 0.05) is 52.2 Å². The van der Waals surface area contributed by atoms with E-state index in [1.807, 2.05) is 54.6 Å². The maximum absolute atomic E-state index is 4.53. The molecular weight excluding hydrogens is 374 g/mol. The fraction of sp³-hybridized carbons (Fsp3) is 0.0435. The minimum absolute atomic E-state index is 0.682. The molecule has 6 aromatic rings. The summed E-state index contributed by atoms with van der Waals surface area (Å²) in [6, 6.07) is 14.4. The highest BCUT2D eigenvalue weighted by Crippen LogP contribution is 2.32. The average Bonchev–Trinajstić information content (AvgIpc) is 3.51. The van der Waals surface area contributed by atoms with E-state index in [0.29, 0.717) is 5.65 Å². The Morgan fingerprint density at radius 2 is 1.90 bits per heavy atom. The van der Waals surface area contributed by atoms with Gasteiger partial charge >= 0.3 is 0 Å². The van der Waals surface area contributed by atoms with Crippen LogP contribution in [0.5, 0.6) is 0 Å². The summed E-state index contributed by atoms with van der Waals surface area (Å²) in [4.78, 5) is 16.6. The lowest BCUT2D eigenvalue weighted by atomic mass is 10.1. The van der Waals surface area contributed by atoms with Gasteiger partial charge in [0.25, 0.3) is 0 Å². The van der Waals surface area contributed by atoms with Gasteiger partial charge in [-0.05, 0) is 37.3 Å². The van der Waals surface area contributed by atoms with E-state index < -0.39 is 0 Å². The maximum Gasteiger partial charge on any atom is 0.181 e. The van der Waals surface area contributed by atoms with Crippen molar-refractivity contribution in [3.63, 3.8) is 0 Å². The smallest absolute Gasteiger partial charge is 0.181 e. The molecule has 0 atom stereocenters. The second kappa shape index (κ2) is 6.38. The van der Waals surface area contributed by atoms with Crippen LogP contribution in [0.3, 0.4) is 0 Å². The van der Waals surface area contributed by atoms with Crippen LogP contribution >= 0.6 is 0 Å². The Morgan fingerprint density at radius 1 is 0.933 bits per heavy atom. The van der Waals surface area contributed by atoms with Crippen molar-refractivity contribution >= 4 is 21.9 Å². The SMILES string of the molecule is Cc1cn(-c2cccc3[nH]c(-c4[nH]nc5ncc(-c6cccnc6)cc45)cc23)cn1. The number of fused-ring (bicyclic) bond motifs is 2. The summed E-state index contributed by atoms with van der Waals surface area (Å²) in [5, 5.41) is 9.63. The van der Waals surface area contributed by atoms with Crippen LogP contribution in [0.4, 0.5) is 0 Å². The van der Waals surface area contributed by atoms with E-state index in [-0.39, 0.29) is 0 Å². The highest BCUT2D eigenvalue weighted by atomic mass is 15.2. The summed E-state index contributed by atoms with van der Waals surface area (Å²) in [5.74, 6) is 0. The standard InChI is InChI=1S/C23H17N7/c1-14-12-30(13-26-14)21-6-2-5-19-17(21)9-20(27-19)22-18-8-16(11-25-23(18)29-28-22)15-4-3-7-24-10-15/h2-13,27H,1H3,(H,25,28,29). The van der Waals surface area contributed by atoms with Crippen molar-refractivity contribution in [2.24, 2.45) is 0 Å². The molecule has 0 unspecified atom stereocenters. The Hall–Kier alpha value is -4.26. The number of nitrogens with zero attached hydrogens (tertiary/aromatic N) is 5. The predicted octanol–water partition coefficient (Wildman–Crippen LogP) is 4.66. The van der Waals surface area contributed by atoms with E-state index in [1.165, 1.54) is 0 Å². The number of pyridine rings is 2. The quantitative estimate of drug-likeness (QED) is 0.459. The molecule has 0 aliphatic heterocycles. The van der Waals surface area contributed by atoms with E-state index in [1.54, 1.807) is 6.20 Å². The van der Waals surface area contributed by atoms with Crippen molar-refractivity contribution in [1.29, 1.82) is 0 Å². The zero-order chi connectivity index (χ0) is 20.1. The first-order valence-electron chi connectivity index (χ1n) is 9.64. The third-order valence-corrected chi connectivity index (χ3v) is 5.30. The molecule has 144 valence electrons. The van der Waals surface area contributed by atoms with Crippen LogP contribution in [-0.4, -0.2) is 34.7 Å². The van der Waals surface area contributed by atoms with Crippen LogP contribution in [-0.2, 0) is 0 Å². The van der Waals surface area contributed by atoms with Crippen molar-refractivity contribution in [2.45, 2.75) is 6.92 Å². The third-order valence-electron chi connectivity index (χ3n) is 5.30. The van der Waals surface area contributed by atoms with Crippen molar-refractivity contribution < 1.29 is 0 Å². The van der Waals surface area contributed by atoms with Gasteiger partial charge in [-0.15, -0.1) is 0 Å². The Labute approximate surface area is 171 Å². The maximum atomic E-state index is 4.53. The monoisotopic (exact) mass is 391 g/mol. The molecule has 5 aromatic heterocycles. The molecule has 0 aliphatic carbocycles. The van der Waals surface area contributed by atoms with Gasteiger partial charge in [0.2, 0.25) is 0 Å². The number of aromatic nitrogens is 7. The molecule has 0 aliphatic rings. The topological polar surface area (TPSA) is 88.1 Å². The minimum Gasteiger partial charge on any atom is -0.353 e. The van der Waals surface area contributed by atoms with Gasteiger partial charge in [0.05, 0.1) is 29.1 Å². The van der Waals surface area contributed by atoms with Crippen LogP contribution in [0, 0.1) is 6.92 Å². The van der Waals surface area contributed by atoms with E-state index in [2.05, 4.69) is 54.4 Å². The second-order valence-electron chi connectivity index (χ2n) is 7.28. The second-order valence-corrected chi connectivity index (χ2v) is 7.28. The molecular formula is C23H17N7. The van der Waals surface area contributed by atoms with Gasteiger partial charge < -0.3 is 9.55 Å². The Kier molecular flexibility index (Phi) is 3.55. The first-order chi connectivity index (χ1) is 14.8. The van der Waals surface area contributed by atoms with E-state index in [9.17, 15) is 0 Å². The van der Waals surface area contributed by atoms with Crippen LogP contribution in [0.2, 0.25) is 0 Å². The van der Waals surface area contributed by atoms with E-state index in [4.69, 9.17) is 0 Å². The average molecular weight is 391 g/mol. The fourth-order valence-electron chi connectivity index (χ4n) is 3.85. The first kappa shape index (κ1) is 16.7. The van der Waals surface area contributed by atoms with Gasteiger partial charge in [-0.1, -0.05) is 12.1 Å². The highest BCUT2D eigenvalue weighted by Gasteiger charge is 2.14. The number of aryl methyl sites for hydroxylation is 1. The van der Waals surface area contributed by atoms with Crippen molar-refractivity contribution in [3.05, 3.63) is 79.3 Å². The van der Waals surface area contributed by atoms with Crippen LogP contribution in [0.1, 0.15) is 5.69 Å². The zero-order valence-corrected chi connectivity index (χ0v) is 16.2. The van der Waals surface area contributed by atoms with Crippen molar-refractivity contribution in [3.8, 4) is 28.2 Å². The lowest BCUT2D eigenvalue weighted by Gasteiger charge is -2.03. The molecule has 0 fully saturated rings. The lowest BCUT2D eigenvalue weighted by molar-refractivity contribution is 1.07. The molecule has 7 nitrogen and oxygen atoms in total. The molecule has 0 bridgehead atoms. The van der Waals surface area contributed by atoms with E-state index in [0.717, 1.165) is 50.2 Å². The van der Waals surface area contributed by atoms with Crippen LogP contribution < -0.4 is 0 Å². The van der Waals surface area contributed by atoms with E-state index >= 15 is 0 Å². The summed E-state index contributed by atoms with van der Waals surface area (Å²) in [6.45, 7) is 1.99. The molecule has 0 spiro atoms. The summed E-state index contributed by atoms with van der Waals surface area (Å²) in [7, 11) is 0. The Morgan fingerprint density at radius 3 is 2.73 bits per heavy atom. The van der Waals surface area contributed by atoms with Gasteiger partial charge in [-0.3, -0.25) is 10.1 Å². The highest BCUT2D eigenvalue weighted by molar-refractivity contribution is 5.98. The molecule has 2 N–H and O–H groups in total. The van der Waals surface area contributed by atoms with Crippen molar-refractivity contribution in [2.75, 3.05) is 0 Å². The summed E-state index contributed by atoms with van der Waals surface area (Å²) >= 11 is 0. The Balaban J connectivity index is 1.52. The largest absolute Gasteiger partial charge is 0.353 e. The number of H-pyrrole nitrogens is 2. The normalized spacial score (nSPS) is 11.5. The number of aromatic amines is 2. The number of imidazole rings is 1. The van der Waals surface area contributed by atoms with Crippen LogP contribution in [0.25, 0.3) is 50.1 Å². The fourth-order valence-corrected chi connectivity index (χ4v) is 3.85. The number of hydrogen-bond acceptors (Lipinski definition) is 4.